The highest BCUT2D eigenvalue weighted by atomic mass is 32.2. The minimum atomic E-state index is 0.00278. The molecule has 0 aromatic heterocycles. The monoisotopic (exact) mass is 287 g/mol. The first kappa shape index (κ1) is 14.5. The maximum Gasteiger partial charge on any atom is 0.254 e. The Labute approximate surface area is 123 Å². The molecular weight excluding hydrogens is 270 g/mol. The summed E-state index contributed by atoms with van der Waals surface area (Å²) in [6.07, 6.45) is 0. The fourth-order valence-corrected chi connectivity index (χ4v) is 2.84. The van der Waals surface area contributed by atoms with Crippen LogP contribution in [0.2, 0.25) is 0 Å². The summed E-state index contributed by atoms with van der Waals surface area (Å²) in [6, 6.07) is 15.4. The van der Waals surface area contributed by atoms with Crippen LogP contribution >= 0.6 is 11.8 Å². The Morgan fingerprint density at radius 2 is 1.60 bits per heavy atom. The Hall–Kier alpha value is -1.94. The molecule has 20 heavy (non-hydrogen) atoms. The highest BCUT2D eigenvalue weighted by Gasteiger charge is 2.14. The summed E-state index contributed by atoms with van der Waals surface area (Å²) in [5.74, 6) is 0.813. The number of benzene rings is 2. The Bertz CT molecular complexity index is 611. The third-order valence-electron chi connectivity index (χ3n) is 2.81. The first-order chi connectivity index (χ1) is 9.63. The minimum absolute atomic E-state index is 0.00278. The highest BCUT2D eigenvalue weighted by molar-refractivity contribution is 7.99. The molecule has 0 saturated heterocycles. The molecule has 2 rings (SSSR count). The van der Waals surface area contributed by atoms with Gasteiger partial charge < -0.3 is 9.64 Å². The van der Waals surface area contributed by atoms with Crippen LogP contribution in [0.1, 0.15) is 10.4 Å². The van der Waals surface area contributed by atoms with Gasteiger partial charge in [-0.3, -0.25) is 4.79 Å². The molecule has 2 aromatic rings. The van der Waals surface area contributed by atoms with E-state index in [0.717, 1.165) is 15.5 Å². The molecule has 0 heterocycles. The zero-order valence-electron chi connectivity index (χ0n) is 11.8. The van der Waals surface area contributed by atoms with Gasteiger partial charge in [0.15, 0.2) is 0 Å². The van der Waals surface area contributed by atoms with Gasteiger partial charge in [0.1, 0.15) is 5.75 Å². The van der Waals surface area contributed by atoms with Crippen LogP contribution in [0.3, 0.4) is 0 Å². The van der Waals surface area contributed by atoms with Crippen LogP contribution < -0.4 is 4.74 Å². The third kappa shape index (κ3) is 3.14. The van der Waals surface area contributed by atoms with Crippen LogP contribution in [0.4, 0.5) is 0 Å². The van der Waals surface area contributed by atoms with E-state index in [2.05, 4.69) is 0 Å². The molecule has 0 N–H and O–H groups in total. The molecule has 0 radical (unpaired) electrons. The van der Waals surface area contributed by atoms with Crippen LogP contribution in [0.15, 0.2) is 58.3 Å². The minimum Gasteiger partial charge on any atom is -0.496 e. The van der Waals surface area contributed by atoms with Crippen LogP contribution in [0, 0.1) is 0 Å². The van der Waals surface area contributed by atoms with Gasteiger partial charge in [-0.15, -0.1) is 0 Å². The zero-order chi connectivity index (χ0) is 14.5. The molecule has 0 fully saturated rings. The second-order valence-electron chi connectivity index (χ2n) is 4.45. The summed E-state index contributed by atoms with van der Waals surface area (Å²) in [5.41, 5.74) is 0.702. The maximum absolute atomic E-state index is 12.2. The first-order valence-corrected chi connectivity index (χ1v) is 7.06. The van der Waals surface area contributed by atoms with Gasteiger partial charge in [0.25, 0.3) is 5.91 Å². The van der Waals surface area contributed by atoms with Crippen molar-refractivity contribution in [2.75, 3.05) is 21.2 Å². The molecule has 0 bridgehead atoms. The van der Waals surface area contributed by atoms with E-state index in [-0.39, 0.29) is 5.91 Å². The number of hydrogen-bond acceptors (Lipinski definition) is 3. The molecule has 0 atom stereocenters. The Kier molecular flexibility index (Phi) is 4.69. The quantitative estimate of drug-likeness (QED) is 0.861. The van der Waals surface area contributed by atoms with E-state index in [0.29, 0.717) is 5.56 Å². The molecular formula is C16H17NO2S. The summed E-state index contributed by atoms with van der Waals surface area (Å²) in [5, 5.41) is 0. The molecule has 0 aliphatic rings. The van der Waals surface area contributed by atoms with Crippen molar-refractivity contribution in [3.63, 3.8) is 0 Å². The Morgan fingerprint density at radius 3 is 2.25 bits per heavy atom. The van der Waals surface area contributed by atoms with E-state index in [4.69, 9.17) is 4.74 Å². The summed E-state index contributed by atoms with van der Waals surface area (Å²) in [6.45, 7) is 0. The largest absolute Gasteiger partial charge is 0.496 e. The van der Waals surface area contributed by atoms with E-state index in [9.17, 15) is 4.79 Å². The van der Waals surface area contributed by atoms with E-state index < -0.39 is 0 Å². The normalized spacial score (nSPS) is 10.2. The number of carbonyl (C=O) groups is 1. The van der Waals surface area contributed by atoms with Crippen molar-refractivity contribution in [3.8, 4) is 5.75 Å². The van der Waals surface area contributed by atoms with Gasteiger partial charge >= 0.3 is 0 Å². The molecule has 0 aliphatic carbocycles. The fraction of sp³-hybridized carbons (Fsp3) is 0.188. The average Bonchev–Trinajstić information content (AvgIpc) is 2.47. The first-order valence-electron chi connectivity index (χ1n) is 6.25. The van der Waals surface area contributed by atoms with Crippen molar-refractivity contribution in [2.24, 2.45) is 0 Å². The fourth-order valence-electron chi connectivity index (χ4n) is 1.79. The van der Waals surface area contributed by atoms with Gasteiger partial charge in [0.2, 0.25) is 0 Å². The van der Waals surface area contributed by atoms with E-state index in [1.807, 2.05) is 48.5 Å². The number of ether oxygens (including phenoxy) is 1. The topological polar surface area (TPSA) is 29.5 Å². The summed E-state index contributed by atoms with van der Waals surface area (Å²) >= 11 is 1.54. The lowest BCUT2D eigenvalue weighted by Gasteiger charge is -2.14. The maximum atomic E-state index is 12.2. The van der Waals surface area contributed by atoms with Crippen LogP contribution in [0.25, 0.3) is 0 Å². The number of hydrogen-bond donors (Lipinski definition) is 0. The second-order valence-corrected chi connectivity index (χ2v) is 5.53. The van der Waals surface area contributed by atoms with Gasteiger partial charge in [-0.25, -0.2) is 0 Å². The molecule has 0 unspecified atom stereocenters. The predicted octanol–water partition coefficient (Wildman–Crippen LogP) is 3.55. The van der Waals surface area contributed by atoms with Crippen LogP contribution in [-0.2, 0) is 0 Å². The molecule has 2 aromatic carbocycles. The standard InChI is InChI=1S/C16H17NO2S/c1-17(2)16(18)12-8-4-6-10-14(12)20-15-11-7-5-9-13(15)19-3/h4-11H,1-3H3. The molecule has 3 nitrogen and oxygen atoms in total. The molecule has 1 amide bonds. The number of methoxy groups -OCH3 is 1. The van der Waals surface area contributed by atoms with Crippen molar-refractivity contribution >= 4 is 17.7 Å². The van der Waals surface area contributed by atoms with E-state index in [1.165, 1.54) is 11.8 Å². The lowest BCUT2D eigenvalue weighted by molar-refractivity contribution is 0.0824. The van der Waals surface area contributed by atoms with Gasteiger partial charge in [-0.2, -0.15) is 0 Å². The summed E-state index contributed by atoms with van der Waals surface area (Å²) in [7, 11) is 5.16. The van der Waals surface area contributed by atoms with E-state index >= 15 is 0 Å². The SMILES string of the molecule is COc1ccccc1Sc1ccccc1C(=O)N(C)C. The molecule has 0 aliphatic heterocycles. The molecule has 0 saturated carbocycles. The molecule has 0 spiro atoms. The highest BCUT2D eigenvalue weighted by Crippen LogP contribution is 2.36. The van der Waals surface area contributed by atoms with Crippen molar-refractivity contribution in [1.82, 2.24) is 4.90 Å². The average molecular weight is 287 g/mol. The lowest BCUT2D eigenvalue weighted by atomic mass is 10.2. The van der Waals surface area contributed by atoms with Gasteiger partial charge in [-0.05, 0) is 24.3 Å². The summed E-state index contributed by atoms with van der Waals surface area (Å²) in [4.78, 5) is 15.7. The van der Waals surface area contributed by atoms with Gasteiger partial charge in [0.05, 0.1) is 17.6 Å². The summed E-state index contributed by atoms with van der Waals surface area (Å²) < 4.78 is 5.35. The van der Waals surface area contributed by atoms with Crippen molar-refractivity contribution < 1.29 is 9.53 Å². The van der Waals surface area contributed by atoms with Crippen LogP contribution in [0.5, 0.6) is 5.75 Å². The van der Waals surface area contributed by atoms with Gasteiger partial charge in [-0.1, -0.05) is 36.0 Å². The zero-order valence-corrected chi connectivity index (χ0v) is 12.6. The van der Waals surface area contributed by atoms with Crippen molar-refractivity contribution in [3.05, 3.63) is 54.1 Å². The third-order valence-corrected chi connectivity index (χ3v) is 3.95. The molecule has 104 valence electrons. The predicted molar refractivity (Wildman–Crippen MR) is 81.6 cm³/mol. The number of para-hydroxylation sites is 1. The second kappa shape index (κ2) is 6.48. The van der Waals surface area contributed by atoms with Crippen molar-refractivity contribution in [2.45, 2.75) is 9.79 Å². The molecule has 4 heteroatoms. The Balaban J connectivity index is 2.37. The smallest absolute Gasteiger partial charge is 0.254 e. The van der Waals surface area contributed by atoms with Gasteiger partial charge in [0, 0.05) is 19.0 Å². The van der Waals surface area contributed by atoms with Crippen LogP contribution in [-0.4, -0.2) is 32.0 Å². The number of rotatable bonds is 4. The van der Waals surface area contributed by atoms with E-state index in [1.54, 1.807) is 26.1 Å². The number of amides is 1. The lowest BCUT2D eigenvalue weighted by Crippen LogP contribution is -2.22. The Morgan fingerprint density at radius 1 is 1.00 bits per heavy atom. The number of carbonyl (C=O) groups excluding carboxylic acids is 1. The number of nitrogens with zero attached hydrogens (tertiary/aromatic N) is 1. The van der Waals surface area contributed by atoms with Crippen molar-refractivity contribution in [1.29, 1.82) is 0 Å².